The molecule has 0 bridgehead atoms. The fourth-order valence-corrected chi connectivity index (χ4v) is 3.42. The van der Waals surface area contributed by atoms with Crippen molar-refractivity contribution in [3.63, 3.8) is 0 Å². The number of aryl methyl sites for hydroxylation is 3. The van der Waals surface area contributed by atoms with Gasteiger partial charge >= 0.3 is 0 Å². The minimum atomic E-state index is -0.130. The van der Waals surface area contributed by atoms with Crippen molar-refractivity contribution >= 4 is 16.8 Å². The van der Waals surface area contributed by atoms with Crippen LogP contribution in [0.15, 0.2) is 18.5 Å². The third-order valence-corrected chi connectivity index (χ3v) is 4.84. The molecule has 3 aromatic rings. The van der Waals surface area contributed by atoms with Crippen molar-refractivity contribution in [2.24, 2.45) is 20.0 Å². The van der Waals surface area contributed by atoms with E-state index >= 15 is 0 Å². The molecule has 0 saturated carbocycles. The van der Waals surface area contributed by atoms with Crippen LogP contribution >= 0.6 is 0 Å². The number of ether oxygens (including phenoxy) is 1. The van der Waals surface area contributed by atoms with E-state index in [2.05, 4.69) is 15.5 Å². The van der Waals surface area contributed by atoms with Crippen LogP contribution in [0.3, 0.4) is 0 Å². The fourth-order valence-electron chi connectivity index (χ4n) is 3.42. The van der Waals surface area contributed by atoms with Gasteiger partial charge in [0.05, 0.1) is 22.3 Å². The number of carbonyl (C=O) groups is 1. The Morgan fingerprint density at radius 1 is 1.27 bits per heavy atom. The second-order valence-corrected chi connectivity index (χ2v) is 6.94. The summed E-state index contributed by atoms with van der Waals surface area (Å²) in [6, 6.07) is 1.96. The highest BCUT2D eigenvalue weighted by molar-refractivity contribution is 5.87. The van der Waals surface area contributed by atoms with Crippen LogP contribution in [0.1, 0.15) is 19.0 Å². The minimum Gasteiger partial charge on any atom is -0.474 e. The first-order chi connectivity index (χ1) is 12.4. The molecule has 136 valence electrons. The Labute approximate surface area is 151 Å². The SMILES string of the molecule is Cc1nn(C)cc1-c1cc2nn(C)cc2c(OC(C)[C@H]2CNC(=O)C2)n1. The Morgan fingerprint density at radius 3 is 2.69 bits per heavy atom. The maximum Gasteiger partial charge on any atom is 0.225 e. The molecule has 0 spiro atoms. The summed E-state index contributed by atoms with van der Waals surface area (Å²) >= 11 is 0. The van der Waals surface area contributed by atoms with Crippen LogP contribution in [-0.2, 0) is 18.9 Å². The van der Waals surface area contributed by atoms with Crippen molar-refractivity contribution in [1.29, 1.82) is 0 Å². The Balaban J connectivity index is 1.75. The predicted molar refractivity (Wildman–Crippen MR) is 96.7 cm³/mol. The maximum atomic E-state index is 11.5. The molecular formula is C18H22N6O2. The monoisotopic (exact) mass is 354 g/mol. The van der Waals surface area contributed by atoms with Crippen LogP contribution in [0, 0.1) is 12.8 Å². The van der Waals surface area contributed by atoms with Crippen LogP contribution in [0.2, 0.25) is 0 Å². The normalized spacial score (nSPS) is 18.3. The molecule has 26 heavy (non-hydrogen) atoms. The van der Waals surface area contributed by atoms with Crippen LogP contribution in [0.4, 0.5) is 0 Å². The zero-order valence-electron chi connectivity index (χ0n) is 15.4. The summed E-state index contributed by atoms with van der Waals surface area (Å²) in [7, 11) is 3.77. The average molecular weight is 354 g/mol. The minimum absolute atomic E-state index is 0.0738. The van der Waals surface area contributed by atoms with E-state index in [4.69, 9.17) is 9.72 Å². The van der Waals surface area contributed by atoms with E-state index < -0.39 is 0 Å². The van der Waals surface area contributed by atoms with Crippen molar-refractivity contribution in [1.82, 2.24) is 29.9 Å². The molecule has 0 aliphatic carbocycles. The number of hydrogen-bond donors (Lipinski definition) is 1. The van der Waals surface area contributed by atoms with Gasteiger partial charge in [-0.1, -0.05) is 0 Å². The third-order valence-electron chi connectivity index (χ3n) is 4.84. The van der Waals surface area contributed by atoms with E-state index in [-0.39, 0.29) is 17.9 Å². The summed E-state index contributed by atoms with van der Waals surface area (Å²) < 4.78 is 9.72. The van der Waals surface area contributed by atoms with Gasteiger partial charge in [-0.15, -0.1) is 0 Å². The van der Waals surface area contributed by atoms with Crippen LogP contribution in [0.5, 0.6) is 5.88 Å². The standard InChI is InChI=1S/C18H22N6O2/c1-10-13(8-23(3)21-10)15-6-16-14(9-24(4)22-16)18(20-15)26-11(2)12-5-17(25)19-7-12/h6,8-9,11-12H,5,7H2,1-4H3,(H,19,25)/t11?,12-/m1/s1. The molecule has 8 nitrogen and oxygen atoms in total. The number of amides is 1. The molecule has 2 atom stereocenters. The molecule has 4 heterocycles. The first kappa shape index (κ1) is 16.6. The van der Waals surface area contributed by atoms with E-state index in [0.717, 1.165) is 27.9 Å². The van der Waals surface area contributed by atoms with Gasteiger partial charge in [0, 0.05) is 50.9 Å². The topological polar surface area (TPSA) is 86.9 Å². The van der Waals surface area contributed by atoms with Crippen molar-refractivity contribution in [3.05, 3.63) is 24.2 Å². The lowest BCUT2D eigenvalue weighted by molar-refractivity contribution is -0.119. The van der Waals surface area contributed by atoms with Crippen molar-refractivity contribution < 1.29 is 9.53 Å². The first-order valence-corrected chi connectivity index (χ1v) is 8.69. The maximum absolute atomic E-state index is 11.5. The van der Waals surface area contributed by atoms with Crippen molar-refractivity contribution in [3.8, 4) is 17.1 Å². The Kier molecular flexibility index (Phi) is 3.90. The Hall–Kier alpha value is -2.90. The van der Waals surface area contributed by atoms with Gasteiger partial charge in [-0.2, -0.15) is 10.2 Å². The van der Waals surface area contributed by atoms with E-state index in [1.165, 1.54) is 0 Å². The first-order valence-electron chi connectivity index (χ1n) is 8.69. The third kappa shape index (κ3) is 2.91. The molecule has 4 rings (SSSR count). The second-order valence-electron chi connectivity index (χ2n) is 6.94. The molecule has 0 aromatic carbocycles. The summed E-state index contributed by atoms with van der Waals surface area (Å²) in [6.45, 7) is 4.58. The molecule has 1 unspecified atom stereocenters. The van der Waals surface area contributed by atoms with E-state index in [9.17, 15) is 4.79 Å². The zero-order valence-corrected chi connectivity index (χ0v) is 15.4. The number of rotatable bonds is 4. The highest BCUT2D eigenvalue weighted by Gasteiger charge is 2.29. The summed E-state index contributed by atoms with van der Waals surface area (Å²) in [4.78, 5) is 16.3. The molecule has 1 saturated heterocycles. The van der Waals surface area contributed by atoms with Gasteiger partial charge in [0.15, 0.2) is 0 Å². The van der Waals surface area contributed by atoms with E-state index in [0.29, 0.717) is 18.8 Å². The van der Waals surface area contributed by atoms with Crippen LogP contribution in [-0.4, -0.2) is 43.1 Å². The van der Waals surface area contributed by atoms with E-state index in [1.54, 1.807) is 9.36 Å². The Morgan fingerprint density at radius 2 is 2.04 bits per heavy atom. The summed E-state index contributed by atoms with van der Waals surface area (Å²) in [5.41, 5.74) is 3.46. The predicted octanol–water partition coefficient (Wildman–Crippen LogP) is 1.58. The summed E-state index contributed by atoms with van der Waals surface area (Å²) in [5, 5.41) is 12.6. The number of nitrogens with one attached hydrogen (secondary N) is 1. The van der Waals surface area contributed by atoms with Gasteiger partial charge < -0.3 is 10.1 Å². The summed E-state index contributed by atoms with van der Waals surface area (Å²) in [5.74, 6) is 0.755. The smallest absolute Gasteiger partial charge is 0.225 e. The largest absolute Gasteiger partial charge is 0.474 e. The number of hydrogen-bond acceptors (Lipinski definition) is 5. The summed E-state index contributed by atoms with van der Waals surface area (Å²) in [6.07, 6.45) is 4.20. The van der Waals surface area contributed by atoms with Gasteiger partial charge in [-0.05, 0) is 19.9 Å². The van der Waals surface area contributed by atoms with Crippen molar-refractivity contribution in [2.75, 3.05) is 6.54 Å². The number of pyridine rings is 1. The van der Waals surface area contributed by atoms with Gasteiger partial charge in [0.25, 0.3) is 0 Å². The molecule has 1 N–H and O–H groups in total. The molecule has 1 aliphatic heterocycles. The van der Waals surface area contributed by atoms with Gasteiger partial charge in [0.1, 0.15) is 6.10 Å². The fraction of sp³-hybridized carbons (Fsp3) is 0.444. The van der Waals surface area contributed by atoms with Crippen molar-refractivity contribution in [2.45, 2.75) is 26.4 Å². The lowest BCUT2D eigenvalue weighted by atomic mass is 10.0. The Bertz CT molecular complexity index is 989. The number of fused-ring (bicyclic) bond motifs is 1. The number of aromatic nitrogens is 5. The number of nitrogens with zero attached hydrogens (tertiary/aromatic N) is 5. The van der Waals surface area contributed by atoms with Gasteiger partial charge in [0.2, 0.25) is 11.8 Å². The average Bonchev–Trinajstić information content (AvgIpc) is 3.25. The highest BCUT2D eigenvalue weighted by Crippen LogP contribution is 2.31. The second kappa shape index (κ2) is 6.12. The molecule has 3 aromatic heterocycles. The lowest BCUT2D eigenvalue weighted by Crippen LogP contribution is -2.26. The van der Waals surface area contributed by atoms with Crippen LogP contribution < -0.4 is 10.1 Å². The van der Waals surface area contributed by atoms with Crippen LogP contribution in [0.25, 0.3) is 22.2 Å². The molecule has 1 fully saturated rings. The lowest BCUT2D eigenvalue weighted by Gasteiger charge is -2.19. The molecule has 8 heteroatoms. The molecular weight excluding hydrogens is 332 g/mol. The van der Waals surface area contributed by atoms with E-state index in [1.807, 2.05) is 46.4 Å². The highest BCUT2D eigenvalue weighted by atomic mass is 16.5. The molecule has 1 aliphatic rings. The van der Waals surface area contributed by atoms with Gasteiger partial charge in [-0.25, -0.2) is 4.98 Å². The quantitative estimate of drug-likeness (QED) is 0.769. The molecule has 1 amide bonds. The zero-order chi connectivity index (χ0) is 18.4. The van der Waals surface area contributed by atoms with Gasteiger partial charge in [-0.3, -0.25) is 14.2 Å². The number of carbonyl (C=O) groups excluding carboxylic acids is 1. The molecule has 0 radical (unpaired) electrons.